The molecule has 88 valence electrons. The first kappa shape index (κ1) is 12.2. The normalized spacial score (nSPS) is 11.2. The van der Waals surface area contributed by atoms with Gasteiger partial charge in [0.25, 0.3) is 0 Å². The molecule has 0 bridgehead atoms. The molecule has 0 aliphatic heterocycles. The Balaban J connectivity index is 3.25. The molecule has 16 heavy (non-hydrogen) atoms. The van der Waals surface area contributed by atoms with E-state index < -0.39 is 23.6 Å². The van der Waals surface area contributed by atoms with E-state index in [4.69, 9.17) is 5.73 Å². The van der Waals surface area contributed by atoms with E-state index in [9.17, 15) is 23.1 Å². The molecule has 3 N–H and O–H groups in total. The molecule has 1 heterocycles. The molecule has 1 aromatic heterocycles. The van der Waals surface area contributed by atoms with E-state index in [1.165, 1.54) is 0 Å². The number of nitrogens with zero attached hydrogens (tertiary/aromatic N) is 1. The molecule has 0 saturated carbocycles. The summed E-state index contributed by atoms with van der Waals surface area (Å²) < 4.78 is 39.3. The molecule has 0 saturated heterocycles. The Bertz CT molecular complexity index is 406. The lowest BCUT2D eigenvalue weighted by Gasteiger charge is -2.12. The van der Waals surface area contributed by atoms with Gasteiger partial charge in [-0.1, -0.05) is 0 Å². The Morgan fingerprint density at radius 3 is 2.62 bits per heavy atom. The lowest BCUT2D eigenvalue weighted by Crippen LogP contribution is -2.19. The van der Waals surface area contributed by atoms with E-state index in [1.807, 2.05) is 0 Å². The van der Waals surface area contributed by atoms with Gasteiger partial charge in [0.15, 0.2) is 6.29 Å². The van der Waals surface area contributed by atoms with Gasteiger partial charge in [-0.3, -0.25) is 4.79 Å². The van der Waals surface area contributed by atoms with Gasteiger partial charge in [0.05, 0.1) is 11.8 Å². The zero-order valence-corrected chi connectivity index (χ0v) is 7.78. The summed E-state index contributed by atoms with van der Waals surface area (Å²) in [7, 11) is 0. The van der Waals surface area contributed by atoms with Crippen LogP contribution in [-0.4, -0.2) is 22.7 Å². The molecule has 0 spiro atoms. The number of aromatic nitrogens is 1. The molecule has 0 amide bonds. The van der Waals surface area contributed by atoms with Crippen molar-refractivity contribution in [2.24, 2.45) is 5.73 Å². The lowest BCUT2D eigenvalue weighted by atomic mass is 10.1. The zero-order chi connectivity index (χ0) is 12.3. The molecule has 0 fully saturated rings. The topological polar surface area (TPSA) is 85.4 Å². The van der Waals surface area contributed by atoms with Gasteiger partial charge in [-0.15, -0.1) is 13.2 Å². The van der Waals surface area contributed by atoms with Crippen LogP contribution in [0, 0.1) is 0 Å². The van der Waals surface area contributed by atoms with Crippen LogP contribution in [0.2, 0.25) is 0 Å². The fraction of sp³-hybridized carbons (Fsp3) is 0.250. The molecule has 0 aliphatic rings. The summed E-state index contributed by atoms with van der Waals surface area (Å²) in [5.74, 6) is -1.39. The Kier molecular flexibility index (Phi) is 3.33. The highest BCUT2D eigenvalue weighted by molar-refractivity contribution is 5.81. The molecular weight excluding hydrogens is 229 g/mol. The van der Waals surface area contributed by atoms with Gasteiger partial charge in [0, 0.05) is 12.1 Å². The summed E-state index contributed by atoms with van der Waals surface area (Å²) in [5, 5.41) is 9.21. The van der Waals surface area contributed by atoms with Crippen LogP contribution in [0.3, 0.4) is 0 Å². The Labute approximate surface area is 87.7 Å². The first-order chi connectivity index (χ1) is 7.39. The van der Waals surface area contributed by atoms with Crippen LogP contribution < -0.4 is 10.5 Å². The quantitative estimate of drug-likeness (QED) is 0.763. The van der Waals surface area contributed by atoms with Crippen LogP contribution >= 0.6 is 0 Å². The Hall–Kier alpha value is -1.83. The third-order valence-corrected chi connectivity index (χ3v) is 1.70. The SMILES string of the molecule is NCc1c(O)cnc(OC(F)(F)F)c1C=O. The summed E-state index contributed by atoms with van der Waals surface area (Å²) >= 11 is 0. The van der Waals surface area contributed by atoms with Gasteiger partial charge in [-0.2, -0.15) is 0 Å². The number of carbonyl (C=O) groups excluding carboxylic acids is 1. The van der Waals surface area contributed by atoms with E-state index in [0.29, 0.717) is 0 Å². The maximum Gasteiger partial charge on any atom is 0.574 e. The fourth-order valence-corrected chi connectivity index (χ4v) is 1.06. The molecule has 0 atom stereocenters. The number of hydrogen-bond acceptors (Lipinski definition) is 5. The van der Waals surface area contributed by atoms with Crippen molar-refractivity contribution in [2.75, 3.05) is 0 Å². The van der Waals surface area contributed by atoms with Crippen molar-refractivity contribution in [3.63, 3.8) is 0 Å². The number of hydrogen-bond donors (Lipinski definition) is 2. The number of ether oxygens (including phenoxy) is 1. The minimum Gasteiger partial charge on any atom is -0.506 e. The van der Waals surface area contributed by atoms with Crippen molar-refractivity contribution in [1.29, 1.82) is 0 Å². The third-order valence-electron chi connectivity index (χ3n) is 1.70. The second-order valence-corrected chi connectivity index (χ2v) is 2.71. The van der Waals surface area contributed by atoms with Crippen LogP contribution in [0.4, 0.5) is 13.2 Å². The molecule has 0 aliphatic carbocycles. The maximum absolute atomic E-state index is 11.9. The minimum absolute atomic E-state index is 0.0932. The molecule has 0 aromatic carbocycles. The molecule has 1 rings (SSSR count). The summed E-state index contributed by atoms with van der Waals surface area (Å²) in [6.07, 6.45) is -4.14. The van der Waals surface area contributed by atoms with Gasteiger partial charge >= 0.3 is 6.36 Å². The number of halogens is 3. The van der Waals surface area contributed by atoms with E-state index in [1.54, 1.807) is 0 Å². The molecule has 0 radical (unpaired) electrons. The Morgan fingerprint density at radius 1 is 1.56 bits per heavy atom. The summed E-state index contributed by atoms with van der Waals surface area (Å²) in [4.78, 5) is 13.8. The van der Waals surface area contributed by atoms with Crippen molar-refractivity contribution in [3.8, 4) is 11.6 Å². The third kappa shape index (κ3) is 2.60. The summed E-state index contributed by atoms with van der Waals surface area (Å²) in [6, 6.07) is 0. The first-order valence-corrected chi connectivity index (χ1v) is 4.01. The van der Waals surface area contributed by atoms with Gasteiger partial charge < -0.3 is 15.6 Å². The van der Waals surface area contributed by atoms with Crippen LogP contribution in [0.5, 0.6) is 11.6 Å². The van der Waals surface area contributed by atoms with E-state index in [0.717, 1.165) is 6.20 Å². The van der Waals surface area contributed by atoms with Crippen LogP contribution in [0.1, 0.15) is 15.9 Å². The average molecular weight is 236 g/mol. The number of rotatable bonds is 3. The van der Waals surface area contributed by atoms with Crippen LogP contribution in [0.25, 0.3) is 0 Å². The average Bonchev–Trinajstić information content (AvgIpc) is 2.18. The molecular formula is C8H7F3N2O3. The maximum atomic E-state index is 11.9. The highest BCUT2D eigenvalue weighted by atomic mass is 19.4. The van der Waals surface area contributed by atoms with Gasteiger partial charge in [-0.05, 0) is 0 Å². The van der Waals surface area contributed by atoms with Crippen LogP contribution in [-0.2, 0) is 6.54 Å². The van der Waals surface area contributed by atoms with Gasteiger partial charge in [0.1, 0.15) is 5.75 Å². The smallest absolute Gasteiger partial charge is 0.506 e. The van der Waals surface area contributed by atoms with E-state index in [2.05, 4.69) is 9.72 Å². The highest BCUT2D eigenvalue weighted by Crippen LogP contribution is 2.29. The summed E-state index contributed by atoms with van der Waals surface area (Å²) in [5.41, 5.74) is 4.51. The number of pyridine rings is 1. The number of nitrogens with two attached hydrogens (primary N) is 1. The van der Waals surface area contributed by atoms with Gasteiger partial charge in [0.2, 0.25) is 5.88 Å². The fourth-order valence-electron chi connectivity index (χ4n) is 1.06. The highest BCUT2D eigenvalue weighted by Gasteiger charge is 2.33. The molecule has 5 nitrogen and oxygen atoms in total. The second-order valence-electron chi connectivity index (χ2n) is 2.71. The number of carbonyl (C=O) groups is 1. The number of aromatic hydroxyl groups is 1. The Morgan fingerprint density at radius 2 is 2.19 bits per heavy atom. The predicted molar refractivity (Wildman–Crippen MR) is 45.9 cm³/mol. The zero-order valence-electron chi connectivity index (χ0n) is 7.78. The van der Waals surface area contributed by atoms with Crippen molar-refractivity contribution in [1.82, 2.24) is 4.98 Å². The monoisotopic (exact) mass is 236 g/mol. The van der Waals surface area contributed by atoms with E-state index >= 15 is 0 Å². The number of aldehydes is 1. The second kappa shape index (κ2) is 4.35. The van der Waals surface area contributed by atoms with Crippen LogP contribution in [0.15, 0.2) is 6.20 Å². The van der Waals surface area contributed by atoms with Crippen molar-refractivity contribution in [3.05, 3.63) is 17.3 Å². The number of alkyl halides is 3. The van der Waals surface area contributed by atoms with Crippen molar-refractivity contribution < 1.29 is 27.8 Å². The molecule has 0 unspecified atom stereocenters. The van der Waals surface area contributed by atoms with Crippen molar-refractivity contribution >= 4 is 6.29 Å². The molecule has 1 aromatic rings. The lowest BCUT2D eigenvalue weighted by molar-refractivity contribution is -0.276. The molecule has 8 heteroatoms. The standard InChI is InChI=1S/C8H7F3N2O3/c9-8(10,11)16-7-5(3-14)4(1-12)6(15)2-13-7/h2-3,15H,1,12H2. The van der Waals surface area contributed by atoms with Crippen molar-refractivity contribution in [2.45, 2.75) is 12.9 Å². The first-order valence-electron chi connectivity index (χ1n) is 4.01. The van der Waals surface area contributed by atoms with Gasteiger partial charge in [-0.25, -0.2) is 4.98 Å². The largest absolute Gasteiger partial charge is 0.574 e. The summed E-state index contributed by atoms with van der Waals surface area (Å²) in [6.45, 7) is -0.309. The van der Waals surface area contributed by atoms with E-state index in [-0.39, 0.29) is 18.4 Å². The predicted octanol–water partition coefficient (Wildman–Crippen LogP) is 0.957. The minimum atomic E-state index is -4.96.